The van der Waals surface area contributed by atoms with E-state index in [1.807, 2.05) is 0 Å². The van der Waals surface area contributed by atoms with Gasteiger partial charge in [-0.15, -0.1) is 0 Å². The molecule has 0 spiro atoms. The van der Waals surface area contributed by atoms with Crippen molar-refractivity contribution in [2.45, 2.75) is 6.58 Å². The lowest BCUT2D eigenvalue weighted by Gasteiger charge is -2.10. The minimum absolute atomic E-state index is 0.132. The molecule has 0 amide bonds. The zero-order valence-corrected chi connectivity index (χ0v) is 14.5. The number of benzene rings is 3. The number of fused-ring (bicyclic) bond motifs is 1. The Bertz CT molecular complexity index is 1390. The van der Waals surface area contributed by atoms with E-state index in [-0.39, 0.29) is 15.4 Å². The van der Waals surface area contributed by atoms with Crippen LogP contribution in [-0.2, 0) is 6.58 Å². The first kappa shape index (κ1) is 10.4. The molecule has 3 aromatic carbocycles. The predicted octanol–water partition coefficient (Wildman–Crippen LogP) is 5.65. The molecule has 0 saturated carbocycles. The average molecular weight is 422 g/mol. The minimum atomic E-state index is -1.43. The van der Waals surface area contributed by atoms with Crippen molar-refractivity contribution in [3.63, 3.8) is 0 Å². The van der Waals surface area contributed by atoms with Gasteiger partial charge in [-0.25, -0.2) is 13.5 Å². The molecule has 0 radical (unpaired) electrons. The van der Waals surface area contributed by atoms with Crippen molar-refractivity contribution < 1.29 is 23.1 Å². The Labute approximate surface area is 166 Å². The van der Waals surface area contributed by atoms with E-state index >= 15 is 4.39 Å². The highest BCUT2D eigenvalue weighted by Crippen LogP contribution is 2.28. The molecular weight excluding hydrogens is 402 g/mol. The van der Waals surface area contributed by atoms with Crippen molar-refractivity contribution in [1.29, 1.82) is 0 Å². The maximum absolute atomic E-state index is 15.1. The van der Waals surface area contributed by atoms with Crippen LogP contribution in [0.25, 0.3) is 16.6 Å². The highest BCUT2D eigenvalue weighted by atomic mass is 79.9. The van der Waals surface area contributed by atoms with Gasteiger partial charge in [0.1, 0.15) is 12.4 Å². The lowest BCUT2D eigenvalue weighted by atomic mass is 10.2. The van der Waals surface area contributed by atoms with Crippen molar-refractivity contribution in [3.8, 4) is 11.4 Å². The predicted molar refractivity (Wildman–Crippen MR) is 99.5 cm³/mol. The monoisotopic (exact) mass is 421 g/mol. The lowest BCUT2D eigenvalue weighted by Crippen LogP contribution is -2.00. The van der Waals surface area contributed by atoms with E-state index in [0.717, 1.165) is 0 Å². The first-order valence-corrected chi connectivity index (χ1v) is 8.12. The van der Waals surface area contributed by atoms with E-state index < -0.39 is 66.0 Å². The molecule has 0 saturated heterocycles. The highest BCUT2D eigenvalue weighted by Gasteiger charge is 2.12. The number of ether oxygens (including phenoxy) is 1. The van der Waals surface area contributed by atoms with Gasteiger partial charge >= 0.3 is 0 Å². The minimum Gasteiger partial charge on any atom is -0.486 e. The normalized spacial score (nSPS) is 16.0. The summed E-state index contributed by atoms with van der Waals surface area (Å²) < 4.78 is 92.0. The third kappa shape index (κ3) is 3.20. The number of rotatable bonds is 4. The fourth-order valence-electron chi connectivity index (χ4n) is 2.24. The third-order valence-corrected chi connectivity index (χ3v) is 4.02. The summed E-state index contributed by atoms with van der Waals surface area (Å²) in [5, 5.41) is 3.69. The van der Waals surface area contributed by atoms with Crippen LogP contribution in [0.2, 0.25) is 0 Å². The van der Waals surface area contributed by atoms with Crippen LogP contribution in [0.4, 0.5) is 8.78 Å². The standard InChI is InChI=1S/C20H13BrF2N2O/c21-17-8-14(22)9-19-16(17)11-24-25(19)15-6-7-20(18(23)10-15)26-12-13-4-2-1-3-5-13/h1-11H,12H2/i6D,7D,8D,9D,10D,11D,12D. The Morgan fingerprint density at radius 2 is 1.96 bits per heavy atom. The van der Waals surface area contributed by atoms with Gasteiger partial charge < -0.3 is 4.74 Å². The molecule has 0 fully saturated rings. The number of nitrogens with zero attached hydrogens (tertiary/aromatic N) is 2. The van der Waals surface area contributed by atoms with E-state index in [0.29, 0.717) is 10.2 Å². The molecule has 3 nitrogen and oxygen atoms in total. The molecule has 4 aromatic rings. The molecule has 6 heteroatoms. The fraction of sp³-hybridized carbons (Fsp3) is 0.0500. The summed E-state index contributed by atoms with van der Waals surface area (Å²) in [5.74, 6) is -3.37. The van der Waals surface area contributed by atoms with Crippen LogP contribution in [0.15, 0.2) is 71.2 Å². The van der Waals surface area contributed by atoms with Crippen LogP contribution in [0, 0.1) is 11.6 Å². The van der Waals surface area contributed by atoms with Crippen LogP contribution in [0.5, 0.6) is 5.75 Å². The molecule has 130 valence electrons. The Balaban J connectivity index is 1.94. The molecule has 4 rings (SSSR count). The van der Waals surface area contributed by atoms with E-state index in [1.54, 1.807) is 30.3 Å². The van der Waals surface area contributed by atoms with Gasteiger partial charge in [-0.3, -0.25) is 0 Å². The molecule has 0 aliphatic rings. The largest absolute Gasteiger partial charge is 0.486 e. The summed E-state index contributed by atoms with van der Waals surface area (Å²) in [6, 6.07) is 4.17. The molecule has 0 aliphatic carbocycles. The Morgan fingerprint density at radius 1 is 1.15 bits per heavy atom. The molecule has 0 N–H and O–H groups in total. The van der Waals surface area contributed by atoms with Gasteiger partial charge in [0, 0.05) is 21.9 Å². The van der Waals surface area contributed by atoms with Crippen molar-refractivity contribution in [1.82, 2.24) is 9.78 Å². The summed E-state index contributed by atoms with van der Waals surface area (Å²) in [6.45, 7) is -1.43. The first-order chi connectivity index (χ1) is 15.6. The molecule has 1 aromatic heterocycles. The lowest BCUT2D eigenvalue weighted by molar-refractivity contribution is 0.290. The Kier molecular flexibility index (Phi) is 2.76. The Hall–Kier alpha value is -2.73. The zero-order chi connectivity index (χ0) is 24.2. The fourth-order valence-corrected chi connectivity index (χ4v) is 2.69. The molecule has 0 aliphatic heterocycles. The number of halogens is 3. The maximum atomic E-state index is 15.1. The summed E-state index contributed by atoms with van der Waals surface area (Å²) in [6.07, 6.45) is -0.500. The van der Waals surface area contributed by atoms with Gasteiger partial charge in [-0.05, 0) is 39.6 Å². The molecule has 26 heavy (non-hydrogen) atoms. The van der Waals surface area contributed by atoms with Gasteiger partial charge in [-0.1, -0.05) is 30.3 Å². The summed E-state index contributed by atoms with van der Waals surface area (Å²) in [5.41, 5.74) is -0.606. The van der Waals surface area contributed by atoms with E-state index in [2.05, 4.69) is 21.0 Å². The van der Waals surface area contributed by atoms with Gasteiger partial charge in [0.05, 0.1) is 27.0 Å². The van der Waals surface area contributed by atoms with Crippen molar-refractivity contribution >= 4 is 26.8 Å². The topological polar surface area (TPSA) is 27.1 Å². The second-order valence-electron chi connectivity index (χ2n) is 5.14. The van der Waals surface area contributed by atoms with Gasteiger partial charge in [0.2, 0.25) is 0 Å². The number of hydrogen-bond acceptors (Lipinski definition) is 2. The summed E-state index contributed by atoms with van der Waals surface area (Å²) in [7, 11) is 0. The zero-order valence-electron chi connectivity index (χ0n) is 19.9. The van der Waals surface area contributed by atoms with E-state index in [4.69, 9.17) is 14.3 Å². The number of hydrogen-bond donors (Lipinski definition) is 0. The van der Waals surface area contributed by atoms with Crippen LogP contribution in [0.1, 0.15) is 15.2 Å². The molecule has 1 heterocycles. The highest BCUT2D eigenvalue weighted by molar-refractivity contribution is 9.10. The van der Waals surface area contributed by atoms with Crippen LogP contribution >= 0.6 is 15.9 Å². The Morgan fingerprint density at radius 3 is 2.77 bits per heavy atom. The second-order valence-corrected chi connectivity index (χ2v) is 5.93. The quantitative estimate of drug-likeness (QED) is 0.425. The maximum Gasteiger partial charge on any atom is 0.167 e. The van der Waals surface area contributed by atoms with Gasteiger partial charge in [0.15, 0.2) is 11.6 Å². The first-order valence-electron chi connectivity index (χ1n) is 10.9. The molecular formula is C20H13BrF2N2O. The van der Waals surface area contributed by atoms with Crippen LogP contribution in [0.3, 0.4) is 0 Å². The second kappa shape index (κ2) is 6.88. The van der Waals surface area contributed by atoms with Gasteiger partial charge in [0.25, 0.3) is 0 Å². The SMILES string of the molecule is [2H]c1c([2H])c(-n2nc([2H])c3c(Br)c([2H])c(F)c([2H])c32)c([2H])c(F)c1OC([2H])c1ccccc1. The van der Waals surface area contributed by atoms with Crippen molar-refractivity contribution in [3.05, 3.63) is 88.4 Å². The van der Waals surface area contributed by atoms with Crippen LogP contribution < -0.4 is 4.74 Å². The van der Waals surface area contributed by atoms with Gasteiger partial charge in [-0.2, -0.15) is 5.10 Å². The summed E-state index contributed by atoms with van der Waals surface area (Å²) >= 11 is 3.00. The average Bonchev–Trinajstić information content (AvgIpc) is 3.15. The molecule has 1 unspecified atom stereocenters. The molecule has 1 atom stereocenters. The number of aromatic nitrogens is 2. The molecule has 0 bridgehead atoms. The van der Waals surface area contributed by atoms with Crippen molar-refractivity contribution in [2.24, 2.45) is 0 Å². The van der Waals surface area contributed by atoms with Crippen LogP contribution in [-0.4, -0.2) is 9.78 Å². The third-order valence-electron chi connectivity index (χ3n) is 3.42. The van der Waals surface area contributed by atoms with Crippen molar-refractivity contribution in [2.75, 3.05) is 0 Å². The van der Waals surface area contributed by atoms with E-state index in [1.165, 1.54) is 0 Å². The van der Waals surface area contributed by atoms with E-state index in [9.17, 15) is 4.39 Å². The smallest absolute Gasteiger partial charge is 0.167 e. The summed E-state index contributed by atoms with van der Waals surface area (Å²) in [4.78, 5) is 0.